The number of piperidine rings is 2. The Balaban J connectivity index is 0.741. The number of hydrogen-bond donors (Lipinski definition) is 3. The van der Waals surface area contributed by atoms with Crippen LogP contribution in [0.15, 0.2) is 71.8 Å². The molecule has 0 aliphatic carbocycles. The number of nitrogens with one attached hydrogen (secondary N) is 3. The maximum atomic E-state index is 13.2. The van der Waals surface area contributed by atoms with Crippen molar-refractivity contribution >= 4 is 88.7 Å². The molecule has 0 radical (unpaired) electrons. The third kappa shape index (κ3) is 11.2. The number of amides is 4. The summed E-state index contributed by atoms with van der Waals surface area (Å²) >= 11 is 8.23. The van der Waals surface area contributed by atoms with Gasteiger partial charge < -0.3 is 39.1 Å². The first-order chi connectivity index (χ1) is 32.5. The Kier molecular flexibility index (Phi) is 15.7. The number of carbonyl (C=O) groups excluding carboxylic acids is 4. The van der Waals surface area contributed by atoms with Crippen molar-refractivity contribution in [1.82, 2.24) is 30.0 Å². The maximum absolute atomic E-state index is 13.2. The molecule has 4 aliphatic heterocycles. The summed E-state index contributed by atoms with van der Waals surface area (Å²) < 4.78 is 29.5. The molecular weight excluding hydrogens is 917 g/mol. The van der Waals surface area contributed by atoms with E-state index in [0.717, 1.165) is 93.3 Å². The van der Waals surface area contributed by atoms with E-state index < -0.39 is 19.5 Å². The number of anilines is 5. The number of unbranched alkanes of at least 4 members (excludes halogenated alkanes) is 2. The van der Waals surface area contributed by atoms with Crippen molar-refractivity contribution < 1.29 is 37.5 Å². The van der Waals surface area contributed by atoms with Crippen molar-refractivity contribution in [2.45, 2.75) is 74.9 Å². The van der Waals surface area contributed by atoms with Crippen LogP contribution < -0.4 is 30.9 Å². The number of para-hydroxylation sites is 1. The second kappa shape index (κ2) is 21.8. The minimum atomic E-state index is -3.57. The Bertz CT molecular complexity index is 2510. The molecular formula is C47H57ClN9O8PS. The van der Waals surface area contributed by atoms with Crippen LogP contribution in [-0.2, 0) is 34.5 Å². The van der Waals surface area contributed by atoms with E-state index in [-0.39, 0.29) is 35.1 Å². The Hall–Kier alpha value is -5.23. The van der Waals surface area contributed by atoms with E-state index in [1.165, 1.54) is 20.4 Å². The number of aromatic nitrogens is 2. The highest BCUT2D eigenvalue weighted by Gasteiger charge is 2.39. The lowest BCUT2D eigenvalue weighted by Crippen LogP contribution is -2.54. The van der Waals surface area contributed by atoms with E-state index in [9.17, 15) is 23.7 Å². The first kappa shape index (κ1) is 48.2. The van der Waals surface area contributed by atoms with Gasteiger partial charge in [0.25, 0.3) is 5.91 Å². The average molecular weight is 975 g/mol. The van der Waals surface area contributed by atoms with Crippen molar-refractivity contribution in [3.63, 3.8) is 0 Å². The lowest BCUT2D eigenvalue weighted by molar-refractivity contribution is -0.137. The van der Waals surface area contributed by atoms with Gasteiger partial charge in [-0.25, -0.2) is 4.98 Å². The van der Waals surface area contributed by atoms with Gasteiger partial charge in [0, 0.05) is 101 Å². The predicted molar refractivity (Wildman–Crippen MR) is 259 cm³/mol. The number of hydrogen-bond acceptors (Lipinski definition) is 15. The monoisotopic (exact) mass is 973 g/mol. The first-order valence-electron chi connectivity index (χ1n) is 22.7. The Morgan fingerprint density at radius 1 is 0.896 bits per heavy atom. The molecule has 17 nitrogen and oxygen atoms in total. The van der Waals surface area contributed by atoms with Crippen molar-refractivity contribution in [3.8, 4) is 5.75 Å². The van der Waals surface area contributed by atoms with E-state index in [1.807, 2.05) is 35.2 Å². The van der Waals surface area contributed by atoms with Crippen LogP contribution in [0, 0.1) is 0 Å². The lowest BCUT2D eigenvalue weighted by Gasteiger charge is -2.43. The van der Waals surface area contributed by atoms with Crippen molar-refractivity contribution in [1.29, 1.82) is 0 Å². The highest BCUT2D eigenvalue weighted by molar-refractivity contribution is 7.99. The minimum absolute atomic E-state index is 0.159. The summed E-state index contributed by atoms with van der Waals surface area (Å²) in [7, 11) is 0.722. The predicted octanol–water partition coefficient (Wildman–Crippen LogP) is 6.96. The zero-order chi connectivity index (χ0) is 47.1. The van der Waals surface area contributed by atoms with Crippen molar-refractivity contribution in [2.75, 3.05) is 81.9 Å². The number of carbonyl (C=O) groups is 4. The molecule has 1 atom stereocenters. The minimum Gasteiger partial charge on any atom is -0.494 e. The molecule has 3 fully saturated rings. The van der Waals surface area contributed by atoms with E-state index in [2.05, 4.69) is 41.8 Å². The third-order valence-corrected chi connectivity index (χ3v) is 16.2. The fourth-order valence-electron chi connectivity index (χ4n) is 9.20. The molecule has 1 unspecified atom stereocenters. The summed E-state index contributed by atoms with van der Waals surface area (Å²) in [4.78, 5) is 68.7. The van der Waals surface area contributed by atoms with Gasteiger partial charge in [-0.3, -0.25) is 34.0 Å². The Labute approximate surface area is 400 Å². The SMILES string of the molecule is COc1cc(N2CCC(N3CCN(C(=O)CCCCCSc4ccc5c(c4)CN(C4CCC(=O)NC4=O)C5=O)CC3)CC2)ccc1Nc1ncc(Cl)c(Nc2ccccc2P(=O)(OC)OC)n1. The second-order valence-corrected chi connectivity index (χ2v) is 20.7. The van der Waals surface area contributed by atoms with Crippen LogP contribution in [0.5, 0.6) is 5.75 Å². The van der Waals surface area contributed by atoms with Crippen LogP contribution in [0.4, 0.5) is 28.8 Å². The number of piperazine rings is 1. The van der Waals surface area contributed by atoms with Crippen molar-refractivity contribution in [3.05, 3.63) is 83.0 Å². The number of ether oxygens (including phenoxy) is 1. The van der Waals surface area contributed by atoms with Crippen LogP contribution >= 0.6 is 31.0 Å². The van der Waals surface area contributed by atoms with Gasteiger partial charge in [0.05, 0.1) is 30.0 Å². The van der Waals surface area contributed by atoms with Crippen molar-refractivity contribution in [2.24, 2.45) is 0 Å². The number of fused-ring (bicyclic) bond motifs is 1. The summed E-state index contributed by atoms with van der Waals surface area (Å²) in [6.45, 7) is 5.47. The average Bonchev–Trinajstić information content (AvgIpc) is 3.68. The smallest absolute Gasteiger partial charge is 0.362 e. The molecule has 20 heteroatoms. The van der Waals surface area contributed by atoms with E-state index >= 15 is 0 Å². The van der Waals surface area contributed by atoms with Gasteiger partial charge in [-0.1, -0.05) is 30.2 Å². The molecule has 4 amide bonds. The molecule has 3 saturated heterocycles. The fourth-order valence-corrected chi connectivity index (χ4v) is 11.6. The summed E-state index contributed by atoms with van der Waals surface area (Å²) in [6, 6.07) is 18.7. The molecule has 0 spiro atoms. The lowest BCUT2D eigenvalue weighted by atomic mass is 10.0. The molecule has 3 aromatic carbocycles. The second-order valence-electron chi connectivity index (χ2n) is 16.9. The highest BCUT2D eigenvalue weighted by atomic mass is 35.5. The topological polar surface area (TPSA) is 188 Å². The molecule has 4 aromatic rings. The van der Waals surface area contributed by atoms with E-state index in [4.69, 9.17) is 25.4 Å². The molecule has 0 bridgehead atoms. The van der Waals surface area contributed by atoms with Gasteiger partial charge in [-0.2, -0.15) is 4.98 Å². The molecule has 0 saturated carbocycles. The third-order valence-electron chi connectivity index (χ3n) is 12.9. The zero-order valence-electron chi connectivity index (χ0n) is 38.0. The molecule has 8 rings (SSSR count). The molecule has 3 N–H and O–H groups in total. The highest BCUT2D eigenvalue weighted by Crippen LogP contribution is 2.47. The molecule has 4 aliphatic rings. The molecule has 67 heavy (non-hydrogen) atoms. The summed E-state index contributed by atoms with van der Waals surface area (Å²) in [6.07, 6.45) is 7.51. The number of methoxy groups -OCH3 is 1. The molecule has 5 heterocycles. The number of halogens is 1. The van der Waals surface area contributed by atoms with E-state index in [0.29, 0.717) is 59.2 Å². The van der Waals surface area contributed by atoms with Crippen LogP contribution in [0.2, 0.25) is 5.02 Å². The zero-order valence-corrected chi connectivity index (χ0v) is 40.5. The standard InChI is InChI=1S/C47H57ClN9O8PS/c1-63-40-28-33(12-15-37(40)51-47-49-29-36(48)44(53-47)50-38-9-6-7-10-41(38)66(62,64-2)65-3)54-20-18-32(19-21-54)55-22-24-56(25-23-55)43(59)11-5-4-8-26-67-34-13-14-35-31(27-34)30-57(46(35)61)39-16-17-42(58)52-45(39)60/h6-7,9-10,12-15,27-29,32,39H,4-5,8,11,16-26,30H2,1-3H3,(H,52,58,60)(H2,49,50,51,53). The van der Waals surface area contributed by atoms with Gasteiger partial charge in [0.15, 0.2) is 5.82 Å². The normalized spacial score (nSPS) is 18.2. The number of thioether (sulfide) groups is 1. The summed E-state index contributed by atoms with van der Waals surface area (Å²) in [5.74, 6) is 1.52. The van der Waals surface area contributed by atoms with Gasteiger partial charge in [-0.05, 0) is 85.9 Å². The number of benzene rings is 3. The van der Waals surface area contributed by atoms with Gasteiger partial charge >= 0.3 is 7.60 Å². The van der Waals surface area contributed by atoms with Crippen LogP contribution in [0.3, 0.4) is 0 Å². The van der Waals surface area contributed by atoms with E-state index in [1.54, 1.807) is 48.0 Å². The van der Waals surface area contributed by atoms with Gasteiger partial charge in [-0.15, -0.1) is 11.8 Å². The van der Waals surface area contributed by atoms with Crippen LogP contribution in [0.1, 0.15) is 67.3 Å². The number of imide groups is 1. The maximum Gasteiger partial charge on any atom is 0.362 e. The van der Waals surface area contributed by atoms with Crippen LogP contribution in [0.25, 0.3) is 0 Å². The summed E-state index contributed by atoms with van der Waals surface area (Å²) in [5.41, 5.74) is 3.75. The molecule has 1 aromatic heterocycles. The summed E-state index contributed by atoms with van der Waals surface area (Å²) in [5, 5.41) is 9.36. The largest absolute Gasteiger partial charge is 0.494 e. The molecule has 356 valence electrons. The Morgan fingerprint density at radius 2 is 1.67 bits per heavy atom. The fraction of sp³-hybridized carbons (Fsp3) is 0.447. The Morgan fingerprint density at radius 3 is 2.42 bits per heavy atom. The van der Waals surface area contributed by atoms with Gasteiger partial charge in [0.1, 0.15) is 16.8 Å². The quantitative estimate of drug-likeness (QED) is 0.0402. The number of rotatable bonds is 18. The van der Waals surface area contributed by atoms with Gasteiger partial charge in [0.2, 0.25) is 23.7 Å². The number of nitrogens with zero attached hydrogens (tertiary/aromatic N) is 6. The van der Waals surface area contributed by atoms with Crippen LogP contribution in [-0.4, -0.2) is 127 Å². The first-order valence-corrected chi connectivity index (χ1v) is 25.6.